The summed E-state index contributed by atoms with van der Waals surface area (Å²) in [6.07, 6.45) is 0.190. The van der Waals surface area contributed by atoms with E-state index in [1.165, 1.54) is 0 Å². The topological polar surface area (TPSA) is 71.1 Å². The molecule has 0 saturated carbocycles. The standard InChI is InChI=1S/C24H32O6S.CH4/c1-18-19(2)24(28-15-21-12-8-5-9-13-21)23(30-22(18)17-29-31(3,25)26)16-27-14-20-10-6-4-7-11-20;/h4-13,18-19,22-24H,14-17H2,1-3H3;1H4/t18-,19+,22+,23+,24-;/m0./s1. The van der Waals surface area contributed by atoms with Gasteiger partial charge in [-0.1, -0.05) is 81.9 Å². The van der Waals surface area contributed by atoms with E-state index in [0.717, 1.165) is 17.4 Å². The van der Waals surface area contributed by atoms with Crippen molar-refractivity contribution < 1.29 is 26.8 Å². The number of rotatable bonds is 10. The molecular weight excluding hydrogens is 428 g/mol. The summed E-state index contributed by atoms with van der Waals surface area (Å²) in [5.74, 6) is 0.198. The minimum absolute atomic E-state index is 0. The summed E-state index contributed by atoms with van der Waals surface area (Å²) >= 11 is 0. The summed E-state index contributed by atoms with van der Waals surface area (Å²) in [5, 5.41) is 0. The van der Waals surface area contributed by atoms with Gasteiger partial charge in [0.1, 0.15) is 6.10 Å². The largest absolute Gasteiger partial charge is 0.374 e. The maximum absolute atomic E-state index is 11.5. The molecule has 0 N–H and O–H groups in total. The van der Waals surface area contributed by atoms with E-state index in [1.54, 1.807) is 0 Å². The van der Waals surface area contributed by atoms with Crippen molar-refractivity contribution >= 4 is 10.1 Å². The summed E-state index contributed by atoms with van der Waals surface area (Å²) in [6, 6.07) is 20.0. The van der Waals surface area contributed by atoms with E-state index in [4.69, 9.17) is 18.4 Å². The van der Waals surface area contributed by atoms with Crippen molar-refractivity contribution in [1.82, 2.24) is 0 Å². The van der Waals surface area contributed by atoms with Crippen LogP contribution in [0.2, 0.25) is 0 Å². The molecule has 0 aromatic heterocycles. The minimum atomic E-state index is -3.54. The van der Waals surface area contributed by atoms with Gasteiger partial charge in [0.05, 0.1) is 44.9 Å². The van der Waals surface area contributed by atoms with Gasteiger partial charge >= 0.3 is 0 Å². The molecule has 7 heteroatoms. The fourth-order valence-electron chi connectivity index (χ4n) is 3.81. The lowest BCUT2D eigenvalue weighted by Crippen LogP contribution is -2.53. The van der Waals surface area contributed by atoms with Gasteiger partial charge in [-0.2, -0.15) is 8.42 Å². The maximum Gasteiger partial charge on any atom is 0.264 e. The molecular formula is C25H36O6S. The predicted molar refractivity (Wildman–Crippen MR) is 126 cm³/mol. The zero-order valence-corrected chi connectivity index (χ0v) is 19.2. The van der Waals surface area contributed by atoms with Crippen LogP contribution in [0.4, 0.5) is 0 Å². The van der Waals surface area contributed by atoms with Gasteiger partial charge in [-0.15, -0.1) is 0 Å². The fourth-order valence-corrected chi connectivity index (χ4v) is 4.19. The lowest BCUT2D eigenvalue weighted by molar-refractivity contribution is -0.211. The Bertz CT molecular complexity index is 887. The van der Waals surface area contributed by atoms with Gasteiger partial charge in [0, 0.05) is 0 Å². The molecule has 0 spiro atoms. The Balaban J connectivity index is 0.00000363. The average molecular weight is 465 g/mol. The molecule has 0 radical (unpaired) electrons. The van der Waals surface area contributed by atoms with Crippen LogP contribution >= 0.6 is 0 Å². The highest BCUT2D eigenvalue weighted by Gasteiger charge is 2.42. The van der Waals surface area contributed by atoms with Crippen LogP contribution < -0.4 is 0 Å². The van der Waals surface area contributed by atoms with Gasteiger partial charge in [0.15, 0.2) is 0 Å². The van der Waals surface area contributed by atoms with Gasteiger partial charge in [0.25, 0.3) is 10.1 Å². The number of benzene rings is 2. The van der Waals surface area contributed by atoms with Crippen molar-refractivity contribution in [2.75, 3.05) is 19.5 Å². The lowest BCUT2D eigenvalue weighted by Gasteiger charge is -2.44. The zero-order chi connectivity index (χ0) is 22.3. The van der Waals surface area contributed by atoms with Crippen LogP contribution in [0.1, 0.15) is 32.4 Å². The number of hydrogen-bond acceptors (Lipinski definition) is 6. The Morgan fingerprint density at radius 1 is 0.812 bits per heavy atom. The average Bonchev–Trinajstić information content (AvgIpc) is 2.75. The highest BCUT2D eigenvalue weighted by molar-refractivity contribution is 7.85. The van der Waals surface area contributed by atoms with E-state index in [-0.39, 0.29) is 44.2 Å². The SMILES string of the molecule is C.C[C@@H]1[C@H](C)[C@@H](COS(C)(=O)=O)O[C@H](COCc2ccccc2)[C@H]1OCc1ccccc1. The van der Waals surface area contributed by atoms with Crippen molar-refractivity contribution in [1.29, 1.82) is 0 Å². The second-order valence-corrected chi connectivity index (χ2v) is 9.83. The van der Waals surface area contributed by atoms with Crippen molar-refractivity contribution in [3.05, 3.63) is 71.8 Å². The molecule has 6 nitrogen and oxygen atoms in total. The third-order valence-electron chi connectivity index (χ3n) is 5.78. The summed E-state index contributed by atoms with van der Waals surface area (Å²) < 4.78 is 46.5. The molecule has 2 aromatic carbocycles. The molecule has 5 atom stereocenters. The Morgan fingerprint density at radius 3 is 1.94 bits per heavy atom. The van der Waals surface area contributed by atoms with Crippen molar-refractivity contribution in [3.63, 3.8) is 0 Å². The number of ether oxygens (including phenoxy) is 3. The first kappa shape index (κ1) is 26.5. The van der Waals surface area contributed by atoms with Gasteiger partial charge < -0.3 is 14.2 Å². The molecule has 178 valence electrons. The summed E-state index contributed by atoms with van der Waals surface area (Å²) in [7, 11) is -3.54. The van der Waals surface area contributed by atoms with Crippen LogP contribution in [0.5, 0.6) is 0 Å². The van der Waals surface area contributed by atoms with Crippen molar-refractivity contribution in [2.45, 2.75) is 52.8 Å². The second-order valence-electron chi connectivity index (χ2n) is 8.18. The van der Waals surface area contributed by atoms with Crippen LogP contribution in [0, 0.1) is 11.8 Å². The van der Waals surface area contributed by atoms with Crippen molar-refractivity contribution in [2.24, 2.45) is 11.8 Å². The molecule has 3 rings (SSSR count). The predicted octanol–water partition coefficient (Wildman–Crippen LogP) is 4.44. The third-order valence-corrected chi connectivity index (χ3v) is 6.34. The first-order chi connectivity index (χ1) is 14.8. The molecule has 1 aliphatic heterocycles. The monoisotopic (exact) mass is 464 g/mol. The highest BCUT2D eigenvalue weighted by Crippen LogP contribution is 2.34. The fraction of sp³-hybridized carbons (Fsp3) is 0.520. The smallest absolute Gasteiger partial charge is 0.264 e. The van der Waals surface area contributed by atoms with E-state index < -0.39 is 10.1 Å². The van der Waals surface area contributed by atoms with E-state index in [9.17, 15) is 8.42 Å². The molecule has 2 aromatic rings. The van der Waals surface area contributed by atoms with Gasteiger partial charge in [-0.25, -0.2) is 0 Å². The van der Waals surface area contributed by atoms with Gasteiger partial charge in [-0.05, 0) is 23.0 Å². The third kappa shape index (κ3) is 7.98. The normalized spacial score (nSPS) is 25.8. The zero-order valence-electron chi connectivity index (χ0n) is 18.3. The quantitative estimate of drug-likeness (QED) is 0.484. The Kier molecular flexibility index (Phi) is 10.3. The molecule has 1 aliphatic rings. The van der Waals surface area contributed by atoms with E-state index in [0.29, 0.717) is 19.8 Å². The minimum Gasteiger partial charge on any atom is -0.374 e. The number of hydrogen-bond donors (Lipinski definition) is 0. The van der Waals surface area contributed by atoms with Crippen LogP contribution in [-0.4, -0.2) is 46.2 Å². The highest BCUT2D eigenvalue weighted by atomic mass is 32.2. The molecule has 1 fully saturated rings. The lowest BCUT2D eigenvalue weighted by atomic mass is 9.81. The second kappa shape index (κ2) is 12.5. The van der Waals surface area contributed by atoms with Gasteiger partial charge in [-0.3, -0.25) is 4.18 Å². The molecule has 0 aliphatic carbocycles. The Labute approximate surface area is 193 Å². The van der Waals surface area contributed by atoms with Crippen LogP contribution in [0.25, 0.3) is 0 Å². The van der Waals surface area contributed by atoms with E-state index >= 15 is 0 Å². The van der Waals surface area contributed by atoms with Crippen LogP contribution in [0.15, 0.2) is 60.7 Å². The summed E-state index contributed by atoms with van der Waals surface area (Å²) in [4.78, 5) is 0. The van der Waals surface area contributed by atoms with Gasteiger partial charge in [0.2, 0.25) is 0 Å². The molecule has 32 heavy (non-hydrogen) atoms. The van der Waals surface area contributed by atoms with E-state index in [1.807, 2.05) is 67.6 Å². The molecule has 1 saturated heterocycles. The Hall–Kier alpha value is -1.77. The molecule has 0 bridgehead atoms. The van der Waals surface area contributed by atoms with Crippen LogP contribution in [-0.2, 0) is 41.7 Å². The summed E-state index contributed by atoms with van der Waals surface area (Å²) in [5.41, 5.74) is 2.17. The first-order valence-electron chi connectivity index (χ1n) is 10.6. The molecule has 0 unspecified atom stereocenters. The van der Waals surface area contributed by atoms with E-state index in [2.05, 4.69) is 6.92 Å². The maximum atomic E-state index is 11.5. The summed E-state index contributed by atoms with van der Waals surface area (Å²) in [6.45, 7) is 5.44. The van der Waals surface area contributed by atoms with Crippen LogP contribution in [0.3, 0.4) is 0 Å². The first-order valence-corrected chi connectivity index (χ1v) is 12.4. The van der Waals surface area contributed by atoms with Crippen molar-refractivity contribution in [3.8, 4) is 0 Å². The molecule has 1 heterocycles. The Morgan fingerprint density at radius 2 is 1.38 bits per heavy atom. The molecule has 0 amide bonds.